The number of halogens is 1. The highest BCUT2D eigenvalue weighted by Gasteiger charge is 2.32. The quantitative estimate of drug-likeness (QED) is 0.395. The number of aromatic nitrogens is 3. The van der Waals surface area contributed by atoms with Crippen molar-refractivity contribution in [1.82, 2.24) is 19.4 Å². The average Bonchev–Trinajstić information content (AvgIpc) is 3.50. The molecule has 0 N–H and O–H groups in total. The molecule has 1 amide bonds. The first-order valence-corrected chi connectivity index (χ1v) is 11.7. The second-order valence-electron chi connectivity index (χ2n) is 8.74. The summed E-state index contributed by atoms with van der Waals surface area (Å²) in [5, 5.41) is 0. The van der Waals surface area contributed by atoms with E-state index in [1.165, 1.54) is 6.07 Å². The molecule has 1 fully saturated rings. The van der Waals surface area contributed by atoms with E-state index in [0.717, 1.165) is 35.6 Å². The number of benzene rings is 2. The highest BCUT2D eigenvalue weighted by Crippen LogP contribution is 2.33. The van der Waals surface area contributed by atoms with E-state index in [2.05, 4.69) is 4.98 Å². The lowest BCUT2D eigenvalue weighted by molar-refractivity contribution is 0.0731. The van der Waals surface area contributed by atoms with Gasteiger partial charge in [-0.05, 0) is 55.2 Å². The lowest BCUT2D eigenvalue weighted by Gasteiger charge is -2.26. The molecule has 5 rings (SSSR count). The van der Waals surface area contributed by atoms with Crippen LogP contribution in [0.2, 0.25) is 0 Å². The molecule has 1 aliphatic heterocycles. The molecule has 4 aromatic rings. The van der Waals surface area contributed by atoms with Crippen LogP contribution in [0.4, 0.5) is 4.39 Å². The molecule has 1 atom stereocenters. The number of carbonyl (C=O) groups is 1. The van der Waals surface area contributed by atoms with Gasteiger partial charge in [0.15, 0.2) is 0 Å². The lowest BCUT2D eigenvalue weighted by Crippen LogP contribution is -2.32. The first kappa shape index (κ1) is 22.0. The van der Waals surface area contributed by atoms with Crippen LogP contribution in [-0.4, -0.2) is 31.9 Å². The largest absolute Gasteiger partial charge is 0.331 e. The molecule has 3 heterocycles. The second kappa shape index (κ2) is 9.59. The molecule has 0 radical (unpaired) electrons. The van der Waals surface area contributed by atoms with Crippen LogP contribution in [0.25, 0.3) is 0 Å². The fourth-order valence-electron chi connectivity index (χ4n) is 4.71. The van der Waals surface area contributed by atoms with Crippen molar-refractivity contribution in [1.29, 1.82) is 0 Å². The molecule has 2 aromatic carbocycles. The smallest absolute Gasteiger partial charge is 0.254 e. The van der Waals surface area contributed by atoms with Crippen LogP contribution >= 0.6 is 0 Å². The van der Waals surface area contributed by atoms with Crippen LogP contribution in [0.15, 0.2) is 79.1 Å². The number of aryl methyl sites for hydroxylation is 1. The van der Waals surface area contributed by atoms with Gasteiger partial charge in [-0.3, -0.25) is 9.78 Å². The van der Waals surface area contributed by atoms with Gasteiger partial charge in [0, 0.05) is 43.2 Å². The van der Waals surface area contributed by atoms with Gasteiger partial charge in [0.25, 0.3) is 5.91 Å². The topological polar surface area (TPSA) is 51.0 Å². The average molecular weight is 455 g/mol. The molecule has 6 heteroatoms. The third kappa shape index (κ3) is 4.49. The van der Waals surface area contributed by atoms with Crippen LogP contribution in [0.1, 0.15) is 57.6 Å². The highest BCUT2D eigenvalue weighted by molar-refractivity contribution is 5.96. The molecule has 5 nitrogen and oxygen atoms in total. The number of carbonyl (C=O) groups excluding carboxylic acids is 1. The molecule has 1 unspecified atom stereocenters. The summed E-state index contributed by atoms with van der Waals surface area (Å²) in [6, 6.07) is 20.3. The molecule has 0 spiro atoms. The number of rotatable bonds is 6. The van der Waals surface area contributed by atoms with Crippen molar-refractivity contribution in [3.63, 3.8) is 0 Å². The number of nitrogens with zero attached hydrogens (tertiary/aromatic N) is 4. The first-order chi connectivity index (χ1) is 16.6. The number of amides is 1. The van der Waals surface area contributed by atoms with Crippen molar-refractivity contribution >= 4 is 5.91 Å². The Morgan fingerprint density at radius 1 is 1.03 bits per heavy atom. The van der Waals surface area contributed by atoms with Crippen molar-refractivity contribution in [2.24, 2.45) is 0 Å². The molecule has 0 aliphatic carbocycles. The van der Waals surface area contributed by atoms with Gasteiger partial charge in [0.05, 0.1) is 11.7 Å². The summed E-state index contributed by atoms with van der Waals surface area (Å²) in [6.07, 6.45) is 5.92. The SMILES string of the molecule is Cc1nccn1Cc1ccccc1C(=O)N1CCCC1c1cccc(Cc2ccccc2F)n1. The van der Waals surface area contributed by atoms with Crippen LogP contribution in [0.5, 0.6) is 0 Å². The van der Waals surface area contributed by atoms with Gasteiger partial charge in [-0.1, -0.05) is 42.5 Å². The van der Waals surface area contributed by atoms with Crippen LogP contribution < -0.4 is 0 Å². The van der Waals surface area contributed by atoms with E-state index in [0.29, 0.717) is 30.6 Å². The normalized spacial score (nSPS) is 15.6. The third-order valence-electron chi connectivity index (χ3n) is 6.52. The molecular weight excluding hydrogens is 427 g/mol. The van der Waals surface area contributed by atoms with Gasteiger partial charge < -0.3 is 9.47 Å². The summed E-state index contributed by atoms with van der Waals surface area (Å²) in [7, 11) is 0. The van der Waals surface area contributed by atoms with Crippen LogP contribution in [0, 0.1) is 12.7 Å². The van der Waals surface area contributed by atoms with E-state index in [1.807, 2.05) is 71.1 Å². The monoisotopic (exact) mass is 454 g/mol. The Morgan fingerprint density at radius 3 is 2.62 bits per heavy atom. The molecule has 2 aromatic heterocycles. The Morgan fingerprint density at radius 2 is 1.82 bits per heavy atom. The Labute approximate surface area is 198 Å². The standard InChI is InChI=1S/C28H27FN4O/c1-20-30-15-17-32(20)19-22-9-2-4-11-24(22)28(34)33-16-7-14-27(33)26-13-6-10-23(31-26)18-21-8-3-5-12-25(21)29/h2-6,8-13,15,17,27H,7,14,16,18-19H2,1H3. The number of hydrogen-bond acceptors (Lipinski definition) is 3. The van der Waals surface area contributed by atoms with Gasteiger partial charge in [-0.15, -0.1) is 0 Å². The van der Waals surface area contributed by atoms with Crippen molar-refractivity contribution in [3.8, 4) is 0 Å². The second-order valence-corrected chi connectivity index (χ2v) is 8.74. The minimum Gasteiger partial charge on any atom is -0.331 e. The molecule has 1 aliphatic rings. The summed E-state index contributed by atoms with van der Waals surface area (Å²) in [6.45, 7) is 3.25. The Hall–Kier alpha value is -3.80. The Kier molecular flexibility index (Phi) is 6.21. The van der Waals surface area contributed by atoms with Gasteiger partial charge in [0.2, 0.25) is 0 Å². The lowest BCUT2D eigenvalue weighted by atomic mass is 10.0. The summed E-state index contributed by atoms with van der Waals surface area (Å²) in [5.41, 5.74) is 3.97. The number of pyridine rings is 1. The number of likely N-dealkylation sites (tertiary alicyclic amines) is 1. The van der Waals surface area contributed by atoms with Crippen molar-refractivity contribution in [3.05, 3.63) is 119 Å². The first-order valence-electron chi connectivity index (χ1n) is 11.7. The maximum Gasteiger partial charge on any atom is 0.254 e. The molecular formula is C28H27FN4O. The van der Waals surface area contributed by atoms with Gasteiger partial charge in [-0.2, -0.15) is 0 Å². The van der Waals surface area contributed by atoms with Crippen molar-refractivity contribution in [2.45, 2.75) is 38.8 Å². The zero-order valence-electron chi connectivity index (χ0n) is 19.2. The third-order valence-corrected chi connectivity index (χ3v) is 6.52. The fourth-order valence-corrected chi connectivity index (χ4v) is 4.71. The number of hydrogen-bond donors (Lipinski definition) is 0. The highest BCUT2D eigenvalue weighted by atomic mass is 19.1. The molecule has 1 saturated heterocycles. The van der Waals surface area contributed by atoms with Gasteiger partial charge >= 0.3 is 0 Å². The van der Waals surface area contributed by atoms with Crippen molar-refractivity contribution in [2.75, 3.05) is 6.54 Å². The minimum absolute atomic E-state index is 0.0252. The summed E-state index contributed by atoms with van der Waals surface area (Å²) >= 11 is 0. The minimum atomic E-state index is -0.225. The molecule has 172 valence electrons. The molecule has 0 bridgehead atoms. The molecule has 34 heavy (non-hydrogen) atoms. The fraction of sp³-hybridized carbons (Fsp3) is 0.250. The predicted molar refractivity (Wildman–Crippen MR) is 129 cm³/mol. The van der Waals surface area contributed by atoms with E-state index in [-0.39, 0.29) is 17.8 Å². The predicted octanol–water partition coefficient (Wildman–Crippen LogP) is 5.34. The number of imidazole rings is 1. The van der Waals surface area contributed by atoms with E-state index < -0.39 is 0 Å². The maximum absolute atomic E-state index is 14.1. The summed E-state index contributed by atoms with van der Waals surface area (Å²) in [5.74, 6) is 0.714. The van der Waals surface area contributed by atoms with E-state index in [9.17, 15) is 9.18 Å². The van der Waals surface area contributed by atoms with E-state index >= 15 is 0 Å². The molecule has 0 saturated carbocycles. The Bertz CT molecular complexity index is 1320. The summed E-state index contributed by atoms with van der Waals surface area (Å²) < 4.78 is 16.2. The van der Waals surface area contributed by atoms with Crippen molar-refractivity contribution < 1.29 is 9.18 Å². The van der Waals surface area contributed by atoms with Gasteiger partial charge in [0.1, 0.15) is 11.6 Å². The summed E-state index contributed by atoms with van der Waals surface area (Å²) in [4.78, 5) is 24.8. The maximum atomic E-state index is 14.1. The Balaban J connectivity index is 1.39. The van der Waals surface area contributed by atoms with E-state index in [1.54, 1.807) is 18.3 Å². The van der Waals surface area contributed by atoms with E-state index in [4.69, 9.17) is 4.98 Å². The van der Waals surface area contributed by atoms with Crippen LogP contribution in [0.3, 0.4) is 0 Å². The van der Waals surface area contributed by atoms with Crippen LogP contribution in [-0.2, 0) is 13.0 Å². The zero-order valence-corrected chi connectivity index (χ0v) is 19.2. The zero-order chi connectivity index (χ0) is 23.5. The van der Waals surface area contributed by atoms with Gasteiger partial charge in [-0.25, -0.2) is 9.37 Å².